The number of amides is 3. The van der Waals surface area contributed by atoms with Gasteiger partial charge in [-0.2, -0.15) is 0 Å². The number of hydrogen-bond donors (Lipinski definition) is 2. The molecule has 4 aliphatic rings. The molecule has 0 radical (unpaired) electrons. The molecule has 2 bridgehead atoms. The van der Waals surface area contributed by atoms with Crippen molar-refractivity contribution in [1.82, 2.24) is 15.1 Å². The Morgan fingerprint density at radius 2 is 1.77 bits per heavy atom. The number of hydrogen-bond acceptors (Lipinski definition) is 5. The van der Waals surface area contributed by atoms with E-state index < -0.39 is 29.6 Å². The summed E-state index contributed by atoms with van der Waals surface area (Å²) in [6, 6.07) is 15.3. The van der Waals surface area contributed by atoms with E-state index in [1.165, 1.54) is 5.56 Å². The van der Waals surface area contributed by atoms with Crippen molar-refractivity contribution in [2.24, 2.45) is 23.7 Å². The fourth-order valence-corrected chi connectivity index (χ4v) is 8.08. The van der Waals surface area contributed by atoms with Crippen molar-refractivity contribution in [3.63, 3.8) is 0 Å². The highest BCUT2D eigenvalue weighted by molar-refractivity contribution is 6.02. The number of carbonyl (C=O) groups excluding carboxylic acids is 3. The summed E-state index contributed by atoms with van der Waals surface area (Å²) in [6.07, 6.45) is 6.38. The summed E-state index contributed by atoms with van der Waals surface area (Å²) < 4.78 is 6.57. The van der Waals surface area contributed by atoms with Gasteiger partial charge in [0.1, 0.15) is 11.6 Å². The summed E-state index contributed by atoms with van der Waals surface area (Å²) in [5.41, 5.74) is 2.81. The number of rotatable bonds is 9. The van der Waals surface area contributed by atoms with Crippen molar-refractivity contribution < 1.29 is 19.1 Å². The van der Waals surface area contributed by atoms with E-state index in [1.807, 2.05) is 63.4 Å². The summed E-state index contributed by atoms with van der Waals surface area (Å²) in [5, 5.41) is 6.41. The number of carbonyl (C=O) groups is 3. The fraction of sp³-hybridized carbons (Fsp3) is 0.528. The van der Waals surface area contributed by atoms with Crippen molar-refractivity contribution in [3.8, 4) is 0 Å². The summed E-state index contributed by atoms with van der Waals surface area (Å²) in [5.74, 6) is -1.23. The van der Waals surface area contributed by atoms with Gasteiger partial charge in [-0.1, -0.05) is 75.2 Å². The summed E-state index contributed by atoms with van der Waals surface area (Å²) >= 11 is 0. The number of anilines is 1. The molecule has 2 aromatic carbocycles. The first-order valence-electron chi connectivity index (χ1n) is 16.2. The van der Waals surface area contributed by atoms with Crippen LogP contribution >= 0.6 is 0 Å². The van der Waals surface area contributed by atoms with Crippen LogP contribution in [-0.2, 0) is 25.7 Å². The Labute approximate surface area is 261 Å². The lowest BCUT2D eigenvalue weighted by molar-refractivity contribution is -0.141. The van der Waals surface area contributed by atoms with Crippen molar-refractivity contribution in [3.05, 3.63) is 77.4 Å². The Morgan fingerprint density at radius 3 is 2.50 bits per heavy atom. The predicted octanol–water partition coefficient (Wildman–Crippen LogP) is 4.47. The van der Waals surface area contributed by atoms with Crippen molar-refractivity contribution in [1.29, 1.82) is 0 Å². The number of likely N-dealkylation sites (N-methyl/N-ethyl adjacent to an activating group) is 1. The Hall–Kier alpha value is -3.49. The van der Waals surface area contributed by atoms with Gasteiger partial charge >= 0.3 is 0 Å². The van der Waals surface area contributed by atoms with E-state index in [1.54, 1.807) is 4.90 Å². The molecule has 1 aliphatic carbocycles. The van der Waals surface area contributed by atoms with Gasteiger partial charge in [-0.05, 0) is 68.0 Å². The van der Waals surface area contributed by atoms with Gasteiger partial charge in [0.25, 0.3) is 0 Å². The second kappa shape index (κ2) is 12.1. The first kappa shape index (κ1) is 30.5. The number of ether oxygens (including phenoxy) is 1. The molecule has 0 aromatic heterocycles. The minimum atomic E-state index is -1.17. The van der Waals surface area contributed by atoms with Gasteiger partial charge in [-0.15, -0.1) is 0 Å². The molecular formula is C36H46N4O4. The SMILES string of the molecule is Cc1cc(C)cc(NC(=O)[C@@H]2[C@@H]3C=C[C@]4(O3)[C@@H]2C(=O)N(CCN(C)Cc2ccccc2)[C@H]4C(=O)N[C@@H]2CCC[C@H](C)[C@@H]2C)c1. The maximum atomic E-state index is 14.4. The van der Waals surface area contributed by atoms with Crippen LogP contribution in [0.2, 0.25) is 0 Å². The van der Waals surface area contributed by atoms with E-state index in [4.69, 9.17) is 4.74 Å². The highest BCUT2D eigenvalue weighted by Gasteiger charge is 2.72. The molecular weight excluding hydrogens is 552 g/mol. The molecule has 0 unspecified atom stereocenters. The Morgan fingerprint density at radius 1 is 1.05 bits per heavy atom. The van der Waals surface area contributed by atoms with Crippen LogP contribution in [0.3, 0.4) is 0 Å². The van der Waals surface area contributed by atoms with Gasteiger partial charge in [0.2, 0.25) is 17.7 Å². The third-order valence-electron chi connectivity index (χ3n) is 10.5. The first-order valence-corrected chi connectivity index (χ1v) is 16.2. The molecule has 2 N–H and O–H groups in total. The first-order chi connectivity index (χ1) is 21.1. The van der Waals surface area contributed by atoms with E-state index >= 15 is 0 Å². The smallest absolute Gasteiger partial charge is 0.246 e. The molecule has 3 amide bonds. The maximum Gasteiger partial charge on any atom is 0.246 e. The number of aryl methyl sites for hydroxylation is 2. The third-order valence-corrected chi connectivity index (χ3v) is 10.5. The zero-order valence-electron chi connectivity index (χ0n) is 26.6. The average Bonchev–Trinajstić information content (AvgIpc) is 3.61. The molecule has 8 heteroatoms. The molecule has 44 heavy (non-hydrogen) atoms. The number of benzene rings is 2. The Bertz CT molecular complexity index is 1420. The van der Waals surface area contributed by atoms with Crippen LogP contribution in [0.15, 0.2) is 60.7 Å². The van der Waals surface area contributed by atoms with Crippen molar-refractivity contribution in [2.75, 3.05) is 25.5 Å². The molecule has 2 aromatic rings. The van der Waals surface area contributed by atoms with Crippen LogP contribution in [0.5, 0.6) is 0 Å². The fourth-order valence-electron chi connectivity index (χ4n) is 8.08. The van der Waals surface area contributed by atoms with Crippen LogP contribution in [0.25, 0.3) is 0 Å². The monoisotopic (exact) mass is 598 g/mol. The Kier molecular flexibility index (Phi) is 8.42. The van der Waals surface area contributed by atoms with Crippen molar-refractivity contribution >= 4 is 23.4 Å². The second-order valence-corrected chi connectivity index (χ2v) is 13.7. The molecule has 3 heterocycles. The molecule has 2 saturated heterocycles. The van der Waals surface area contributed by atoms with Crippen LogP contribution in [0, 0.1) is 37.5 Å². The maximum absolute atomic E-state index is 14.4. The van der Waals surface area contributed by atoms with E-state index in [0.717, 1.165) is 36.9 Å². The van der Waals surface area contributed by atoms with Crippen LogP contribution < -0.4 is 10.6 Å². The molecule has 8 atom stereocenters. The highest BCUT2D eigenvalue weighted by atomic mass is 16.5. The van der Waals surface area contributed by atoms with E-state index in [2.05, 4.69) is 47.6 Å². The standard InChI is InChI=1S/C36H46N4O4/c1-22-18-23(2)20-27(19-22)37-33(41)30-29-14-15-36(44-29)31(30)35(43)40(17-16-39(5)21-26-11-7-6-8-12-26)32(36)34(42)38-28-13-9-10-24(3)25(28)4/h6-8,11-12,14-15,18-20,24-25,28-32H,9-10,13,16-17,21H2,1-5H3,(H,37,41)(H,38,42)/t24-,25-,28+,29-,30+,31-,32-,36-/m0/s1. The summed E-state index contributed by atoms with van der Waals surface area (Å²) in [4.78, 5) is 46.4. The molecule has 234 valence electrons. The zero-order chi connectivity index (χ0) is 31.2. The lowest BCUT2D eigenvalue weighted by Crippen LogP contribution is -2.58. The summed E-state index contributed by atoms with van der Waals surface area (Å²) in [7, 11) is 2.02. The molecule has 8 nitrogen and oxygen atoms in total. The van der Waals surface area contributed by atoms with E-state index in [0.29, 0.717) is 30.6 Å². The highest BCUT2D eigenvalue weighted by Crippen LogP contribution is 2.55. The van der Waals surface area contributed by atoms with Crippen LogP contribution in [0.1, 0.15) is 49.8 Å². The van der Waals surface area contributed by atoms with E-state index in [-0.39, 0.29) is 23.8 Å². The van der Waals surface area contributed by atoms with Gasteiger partial charge < -0.3 is 25.2 Å². The number of fused-ring (bicyclic) bond motifs is 1. The lowest BCUT2D eigenvalue weighted by Gasteiger charge is -2.38. The molecule has 6 rings (SSSR count). The van der Waals surface area contributed by atoms with Gasteiger partial charge in [0.05, 0.1) is 17.9 Å². The minimum Gasteiger partial charge on any atom is -0.359 e. The quantitative estimate of drug-likeness (QED) is 0.416. The minimum absolute atomic E-state index is 0.0469. The average molecular weight is 599 g/mol. The molecule has 1 saturated carbocycles. The van der Waals surface area contributed by atoms with Gasteiger partial charge in [0.15, 0.2) is 0 Å². The van der Waals surface area contributed by atoms with Gasteiger partial charge in [0, 0.05) is 31.4 Å². The molecule has 1 spiro atoms. The number of nitrogens with one attached hydrogen (secondary N) is 2. The third kappa shape index (κ3) is 5.58. The summed E-state index contributed by atoms with van der Waals surface area (Å²) in [6.45, 7) is 10.1. The molecule has 3 aliphatic heterocycles. The normalized spacial score (nSPS) is 32.3. The van der Waals surface area contributed by atoms with E-state index in [9.17, 15) is 14.4 Å². The Balaban J connectivity index is 1.27. The zero-order valence-corrected chi connectivity index (χ0v) is 26.6. The number of likely N-dealkylation sites (tertiary alicyclic amines) is 1. The molecule has 3 fully saturated rings. The number of nitrogens with zero attached hydrogens (tertiary/aromatic N) is 2. The van der Waals surface area contributed by atoms with Gasteiger partial charge in [-0.3, -0.25) is 14.4 Å². The van der Waals surface area contributed by atoms with Crippen LogP contribution in [0.4, 0.5) is 5.69 Å². The lowest BCUT2D eigenvalue weighted by atomic mass is 9.73. The van der Waals surface area contributed by atoms with Crippen LogP contribution in [-0.4, -0.2) is 71.4 Å². The van der Waals surface area contributed by atoms with Crippen molar-refractivity contribution in [2.45, 2.75) is 77.3 Å². The topological polar surface area (TPSA) is 91.0 Å². The largest absolute Gasteiger partial charge is 0.359 e. The van der Waals surface area contributed by atoms with Gasteiger partial charge in [-0.25, -0.2) is 0 Å². The second-order valence-electron chi connectivity index (χ2n) is 13.7. The predicted molar refractivity (Wildman–Crippen MR) is 171 cm³/mol.